The fourth-order valence-corrected chi connectivity index (χ4v) is 2.09. The van der Waals surface area contributed by atoms with Gasteiger partial charge in [0.05, 0.1) is 13.5 Å². The molecule has 0 heterocycles. The van der Waals surface area contributed by atoms with E-state index in [0.29, 0.717) is 9.99 Å². The number of ether oxygens (including phenoxy) is 1. The summed E-state index contributed by atoms with van der Waals surface area (Å²) in [7, 11) is 1.34. The summed E-state index contributed by atoms with van der Waals surface area (Å²) < 4.78 is 6.15. The van der Waals surface area contributed by atoms with Gasteiger partial charge < -0.3 is 10.1 Å². The molecule has 6 heteroatoms. The van der Waals surface area contributed by atoms with Crippen molar-refractivity contribution in [2.45, 2.75) is 12.5 Å². The van der Waals surface area contributed by atoms with Crippen LogP contribution >= 0.6 is 38.5 Å². The predicted octanol–water partition coefficient (Wildman–Crippen LogP) is 2.55. The Bertz CT molecular complexity index is 422. The van der Waals surface area contributed by atoms with Gasteiger partial charge in [0.15, 0.2) is 0 Å². The molecule has 98 valence electrons. The number of halogens is 2. The molecule has 0 aliphatic carbocycles. The van der Waals surface area contributed by atoms with Crippen molar-refractivity contribution in [2.24, 2.45) is 0 Å². The van der Waals surface area contributed by atoms with Crippen LogP contribution in [0.2, 0.25) is 0 Å². The van der Waals surface area contributed by atoms with Gasteiger partial charge in [-0.2, -0.15) is 0 Å². The van der Waals surface area contributed by atoms with Crippen LogP contribution in [-0.4, -0.2) is 29.5 Å². The van der Waals surface area contributed by atoms with Crippen LogP contribution in [0, 0.1) is 0 Å². The van der Waals surface area contributed by atoms with Crippen LogP contribution in [-0.2, 0) is 9.53 Å². The minimum Gasteiger partial charge on any atom is -0.469 e. The van der Waals surface area contributed by atoms with Crippen molar-refractivity contribution in [1.82, 2.24) is 5.32 Å². The second-order valence-electron chi connectivity index (χ2n) is 3.61. The van der Waals surface area contributed by atoms with Gasteiger partial charge in [0.25, 0.3) is 5.91 Å². The average Bonchev–Trinajstić information content (AvgIpc) is 2.38. The van der Waals surface area contributed by atoms with Crippen molar-refractivity contribution in [3.63, 3.8) is 0 Å². The molecule has 18 heavy (non-hydrogen) atoms. The molecule has 0 saturated carbocycles. The SMILES string of the molecule is COC(=O)C[C@@H](CI)NC(=O)c1ccc(Br)cc1. The zero-order valence-electron chi connectivity index (χ0n) is 9.78. The maximum atomic E-state index is 11.9. The summed E-state index contributed by atoms with van der Waals surface area (Å²) in [6.07, 6.45) is 0.182. The van der Waals surface area contributed by atoms with Crippen molar-refractivity contribution in [1.29, 1.82) is 0 Å². The number of carbonyl (C=O) groups excluding carboxylic acids is 2. The molecule has 0 bridgehead atoms. The summed E-state index contributed by atoms with van der Waals surface area (Å²) >= 11 is 5.43. The van der Waals surface area contributed by atoms with Gasteiger partial charge in [-0.05, 0) is 24.3 Å². The van der Waals surface area contributed by atoms with Crippen LogP contribution in [0.5, 0.6) is 0 Å². The molecule has 1 aromatic rings. The minimum atomic E-state index is -0.326. The Morgan fingerprint density at radius 1 is 1.39 bits per heavy atom. The van der Waals surface area contributed by atoms with E-state index in [2.05, 4.69) is 48.6 Å². The second-order valence-corrected chi connectivity index (χ2v) is 5.41. The topological polar surface area (TPSA) is 55.4 Å². The van der Waals surface area contributed by atoms with Crippen molar-refractivity contribution < 1.29 is 14.3 Å². The average molecular weight is 426 g/mol. The minimum absolute atomic E-state index is 0.182. The van der Waals surface area contributed by atoms with Crippen LogP contribution in [0.1, 0.15) is 16.8 Å². The molecule has 1 N–H and O–H groups in total. The highest BCUT2D eigenvalue weighted by molar-refractivity contribution is 14.1. The number of hydrogen-bond donors (Lipinski definition) is 1. The quantitative estimate of drug-likeness (QED) is 0.448. The zero-order valence-corrected chi connectivity index (χ0v) is 13.5. The molecule has 0 saturated heterocycles. The fraction of sp³-hybridized carbons (Fsp3) is 0.333. The molecule has 0 radical (unpaired) electrons. The molecular weight excluding hydrogens is 413 g/mol. The van der Waals surface area contributed by atoms with Crippen molar-refractivity contribution >= 4 is 50.4 Å². The lowest BCUT2D eigenvalue weighted by atomic mass is 10.2. The van der Waals surface area contributed by atoms with Gasteiger partial charge in [0.2, 0.25) is 0 Å². The number of rotatable bonds is 5. The maximum Gasteiger partial charge on any atom is 0.307 e. The number of nitrogens with one attached hydrogen (secondary N) is 1. The predicted molar refractivity (Wildman–Crippen MR) is 80.9 cm³/mol. The fourth-order valence-electron chi connectivity index (χ4n) is 1.30. The lowest BCUT2D eigenvalue weighted by Gasteiger charge is -2.15. The van der Waals surface area contributed by atoms with Gasteiger partial charge in [-0.15, -0.1) is 0 Å². The van der Waals surface area contributed by atoms with Gasteiger partial charge in [-0.1, -0.05) is 38.5 Å². The second kappa shape index (κ2) is 7.73. The Balaban J connectivity index is 2.61. The number of hydrogen-bond acceptors (Lipinski definition) is 3. The highest BCUT2D eigenvalue weighted by atomic mass is 127. The number of esters is 1. The molecule has 4 nitrogen and oxygen atoms in total. The smallest absolute Gasteiger partial charge is 0.307 e. The first kappa shape index (κ1) is 15.4. The molecule has 0 fully saturated rings. The first-order valence-electron chi connectivity index (χ1n) is 5.26. The summed E-state index contributed by atoms with van der Waals surface area (Å²) in [6, 6.07) is 6.83. The van der Waals surface area contributed by atoms with E-state index >= 15 is 0 Å². The van der Waals surface area contributed by atoms with E-state index in [1.165, 1.54) is 7.11 Å². The van der Waals surface area contributed by atoms with Gasteiger partial charge >= 0.3 is 5.97 Å². The Morgan fingerprint density at radius 2 is 2.00 bits per heavy atom. The summed E-state index contributed by atoms with van der Waals surface area (Å²) in [5.74, 6) is -0.513. The van der Waals surface area contributed by atoms with Crippen molar-refractivity contribution in [3.8, 4) is 0 Å². The molecule has 0 aliphatic rings. The van der Waals surface area contributed by atoms with Crippen LogP contribution in [0.25, 0.3) is 0 Å². The Hall–Kier alpha value is -0.630. The standard InChI is InChI=1S/C12H13BrINO3/c1-18-11(16)6-10(7-14)15-12(17)8-2-4-9(13)5-3-8/h2-5,10H,6-7H2,1H3,(H,15,17)/t10-/m0/s1. The summed E-state index contributed by atoms with van der Waals surface area (Å²) in [5.41, 5.74) is 0.568. The molecule has 0 spiro atoms. The Labute approximate surface area is 128 Å². The summed E-state index contributed by atoms with van der Waals surface area (Å²) in [6.45, 7) is 0. The van der Waals surface area contributed by atoms with E-state index in [1.54, 1.807) is 24.3 Å². The third kappa shape index (κ3) is 4.93. The molecule has 1 amide bonds. The van der Waals surface area contributed by atoms with Gasteiger partial charge in [-0.3, -0.25) is 9.59 Å². The molecule has 0 aromatic heterocycles. The van der Waals surface area contributed by atoms with Crippen LogP contribution in [0.4, 0.5) is 0 Å². The molecule has 0 aliphatic heterocycles. The molecule has 1 aromatic carbocycles. The molecular formula is C12H13BrINO3. The van der Waals surface area contributed by atoms with Crippen LogP contribution < -0.4 is 5.32 Å². The van der Waals surface area contributed by atoms with E-state index in [-0.39, 0.29) is 24.3 Å². The van der Waals surface area contributed by atoms with Gasteiger partial charge in [0.1, 0.15) is 0 Å². The van der Waals surface area contributed by atoms with E-state index in [9.17, 15) is 9.59 Å². The Kier molecular flexibility index (Phi) is 6.62. The van der Waals surface area contributed by atoms with Gasteiger partial charge in [0, 0.05) is 20.5 Å². The van der Waals surface area contributed by atoms with E-state index in [4.69, 9.17) is 0 Å². The normalized spacial score (nSPS) is 11.7. The van der Waals surface area contributed by atoms with E-state index < -0.39 is 0 Å². The highest BCUT2D eigenvalue weighted by Gasteiger charge is 2.16. The van der Waals surface area contributed by atoms with E-state index in [0.717, 1.165) is 4.47 Å². The van der Waals surface area contributed by atoms with Crippen LogP contribution in [0.3, 0.4) is 0 Å². The summed E-state index contributed by atoms with van der Waals surface area (Å²) in [4.78, 5) is 23.1. The third-order valence-electron chi connectivity index (χ3n) is 2.27. The molecule has 1 rings (SSSR count). The first-order valence-corrected chi connectivity index (χ1v) is 7.58. The maximum absolute atomic E-state index is 11.9. The third-order valence-corrected chi connectivity index (χ3v) is 3.86. The van der Waals surface area contributed by atoms with Crippen molar-refractivity contribution in [2.75, 3.05) is 11.5 Å². The largest absolute Gasteiger partial charge is 0.469 e. The lowest BCUT2D eigenvalue weighted by Crippen LogP contribution is -2.37. The van der Waals surface area contributed by atoms with Gasteiger partial charge in [-0.25, -0.2) is 0 Å². The molecule has 1 atom stereocenters. The highest BCUT2D eigenvalue weighted by Crippen LogP contribution is 2.11. The number of amides is 1. The van der Waals surface area contributed by atoms with Crippen LogP contribution in [0.15, 0.2) is 28.7 Å². The Morgan fingerprint density at radius 3 is 2.50 bits per heavy atom. The summed E-state index contributed by atoms with van der Waals surface area (Å²) in [5, 5.41) is 2.81. The first-order chi connectivity index (χ1) is 8.56. The van der Waals surface area contributed by atoms with Crippen molar-refractivity contribution in [3.05, 3.63) is 34.3 Å². The molecule has 0 unspecified atom stereocenters. The van der Waals surface area contributed by atoms with E-state index in [1.807, 2.05) is 0 Å². The monoisotopic (exact) mass is 425 g/mol. The lowest BCUT2D eigenvalue weighted by molar-refractivity contribution is -0.140. The number of benzene rings is 1. The zero-order chi connectivity index (χ0) is 13.5. The number of alkyl halides is 1. The number of methoxy groups -OCH3 is 1. The number of carbonyl (C=O) groups is 2.